The smallest absolute Gasteiger partial charge is 0.231 e. The van der Waals surface area contributed by atoms with Gasteiger partial charge >= 0.3 is 6.08 Å². The summed E-state index contributed by atoms with van der Waals surface area (Å²) in [7, 11) is 0. The lowest BCUT2D eigenvalue weighted by molar-refractivity contribution is 0.373. The Morgan fingerprint density at radius 2 is 1.96 bits per heavy atom. The molecule has 3 aromatic rings. The minimum Gasteiger partial charge on any atom is -0.231 e. The van der Waals surface area contributed by atoms with Crippen molar-refractivity contribution in [3.8, 4) is 10.6 Å². The van der Waals surface area contributed by atoms with Crippen molar-refractivity contribution >= 4 is 33.2 Å². The number of allylic oxidation sites excluding steroid dienone is 1. The topological polar surface area (TPSA) is 25.8 Å². The van der Waals surface area contributed by atoms with Gasteiger partial charge < -0.3 is 0 Å². The van der Waals surface area contributed by atoms with E-state index in [0.29, 0.717) is 5.16 Å². The third-order valence-electron chi connectivity index (χ3n) is 3.07. The third kappa shape index (κ3) is 3.92. The number of hydrogen-bond acceptors (Lipinski definition) is 4. The lowest BCUT2D eigenvalue weighted by Crippen LogP contribution is -1.90. The zero-order valence-corrected chi connectivity index (χ0v) is 13.4. The number of nitrogens with zero attached hydrogens (tertiary/aromatic N) is 2. The Labute approximate surface area is 139 Å². The summed E-state index contributed by atoms with van der Waals surface area (Å²) in [4.78, 5) is 9.52. The van der Waals surface area contributed by atoms with Gasteiger partial charge in [0.2, 0.25) is 0 Å². The molecule has 0 spiro atoms. The molecule has 0 aliphatic carbocycles. The first-order valence-corrected chi connectivity index (χ1v) is 8.58. The van der Waals surface area contributed by atoms with Gasteiger partial charge in [0.15, 0.2) is 11.0 Å². The predicted octanol–water partition coefficient (Wildman–Crippen LogP) is 5.92. The number of benzene rings is 1. The molecule has 0 fully saturated rings. The van der Waals surface area contributed by atoms with Crippen molar-refractivity contribution in [2.75, 3.05) is 5.75 Å². The van der Waals surface area contributed by atoms with Crippen LogP contribution in [0.3, 0.4) is 0 Å². The molecule has 0 atom stereocenters. The highest BCUT2D eigenvalue weighted by Gasteiger charge is 2.09. The van der Waals surface area contributed by atoms with Gasteiger partial charge in [-0.1, -0.05) is 30.0 Å². The molecule has 0 saturated carbocycles. The molecule has 2 nitrogen and oxygen atoms in total. The Bertz CT molecular complexity index is 824. The second kappa shape index (κ2) is 7.14. The molecule has 2 heterocycles. The molecule has 1 aromatic carbocycles. The zero-order chi connectivity index (χ0) is 16.2. The van der Waals surface area contributed by atoms with Crippen LogP contribution in [0.25, 0.3) is 20.7 Å². The van der Waals surface area contributed by atoms with Crippen LogP contribution in [0.5, 0.6) is 0 Å². The minimum absolute atomic E-state index is 0.166. The van der Waals surface area contributed by atoms with E-state index in [1.165, 1.54) is 4.70 Å². The molecule has 2 aromatic heterocycles. The van der Waals surface area contributed by atoms with Gasteiger partial charge in [0.05, 0.1) is 10.6 Å². The van der Waals surface area contributed by atoms with Crippen molar-refractivity contribution in [3.05, 3.63) is 54.5 Å². The Balaban J connectivity index is 1.76. The largest absolute Gasteiger partial charge is 0.301 e. The summed E-state index contributed by atoms with van der Waals surface area (Å²) in [6.07, 6.45) is -0.967. The van der Waals surface area contributed by atoms with Crippen LogP contribution in [0.4, 0.5) is 13.2 Å². The number of hydrogen-bond donors (Lipinski definition) is 0. The molecular formula is C16H11F3N2S2. The molecule has 23 heavy (non-hydrogen) atoms. The lowest BCUT2D eigenvalue weighted by atomic mass is 10.2. The number of rotatable bonds is 5. The van der Waals surface area contributed by atoms with E-state index in [1.54, 1.807) is 23.6 Å². The molecule has 118 valence electrons. The van der Waals surface area contributed by atoms with E-state index in [0.717, 1.165) is 27.7 Å². The molecule has 0 amide bonds. The molecule has 0 radical (unpaired) electrons. The summed E-state index contributed by atoms with van der Waals surface area (Å²) < 4.78 is 37.9. The Kier molecular flexibility index (Phi) is 4.97. The molecule has 0 unspecified atom stereocenters. The van der Waals surface area contributed by atoms with Crippen LogP contribution in [0.15, 0.2) is 59.7 Å². The molecule has 0 N–H and O–H groups in total. The molecule has 7 heteroatoms. The van der Waals surface area contributed by atoms with Gasteiger partial charge in [0, 0.05) is 23.1 Å². The summed E-state index contributed by atoms with van der Waals surface area (Å²) >= 11 is 2.78. The summed E-state index contributed by atoms with van der Waals surface area (Å²) in [5.74, 6) is -1.21. The maximum Gasteiger partial charge on any atom is 0.301 e. The second-order valence-corrected chi connectivity index (χ2v) is 6.78. The van der Waals surface area contributed by atoms with Crippen molar-refractivity contribution < 1.29 is 13.2 Å². The highest BCUT2D eigenvalue weighted by Crippen LogP contribution is 2.33. The predicted molar refractivity (Wildman–Crippen MR) is 88.5 cm³/mol. The first-order chi connectivity index (χ1) is 11.1. The number of thioether (sulfide) groups is 1. The normalized spacial score (nSPS) is 10.9. The van der Waals surface area contributed by atoms with Gasteiger partial charge in [-0.2, -0.15) is 8.78 Å². The van der Waals surface area contributed by atoms with Crippen molar-refractivity contribution in [1.29, 1.82) is 0 Å². The number of halogens is 3. The van der Waals surface area contributed by atoms with E-state index in [2.05, 4.69) is 16.0 Å². The van der Waals surface area contributed by atoms with Crippen LogP contribution in [0, 0.1) is 0 Å². The van der Waals surface area contributed by atoms with Crippen LogP contribution in [-0.4, -0.2) is 15.7 Å². The fourth-order valence-corrected chi connectivity index (χ4v) is 3.78. The number of thiophene rings is 1. The maximum atomic E-state index is 12.8. The van der Waals surface area contributed by atoms with Gasteiger partial charge in [-0.15, -0.1) is 11.3 Å². The Morgan fingerprint density at radius 1 is 1.13 bits per heavy atom. The highest BCUT2D eigenvalue weighted by atomic mass is 32.2. The van der Waals surface area contributed by atoms with Gasteiger partial charge in [0.1, 0.15) is 0 Å². The van der Waals surface area contributed by atoms with Crippen molar-refractivity contribution in [2.45, 2.75) is 11.6 Å². The Morgan fingerprint density at radius 3 is 2.74 bits per heavy atom. The van der Waals surface area contributed by atoms with Crippen LogP contribution < -0.4 is 0 Å². The zero-order valence-electron chi connectivity index (χ0n) is 11.8. The van der Waals surface area contributed by atoms with Gasteiger partial charge in [-0.25, -0.2) is 14.4 Å². The molecular weight excluding hydrogens is 341 g/mol. The van der Waals surface area contributed by atoms with Gasteiger partial charge in [-0.05, 0) is 23.6 Å². The summed E-state index contributed by atoms with van der Waals surface area (Å²) in [6.45, 7) is 0. The molecule has 3 rings (SSSR count). The summed E-state index contributed by atoms with van der Waals surface area (Å²) in [5, 5.41) is 1.60. The second-order valence-electron chi connectivity index (χ2n) is 4.64. The van der Waals surface area contributed by atoms with Gasteiger partial charge in [-0.3, -0.25) is 0 Å². The first-order valence-electron chi connectivity index (χ1n) is 6.78. The van der Waals surface area contributed by atoms with Crippen molar-refractivity contribution in [2.24, 2.45) is 0 Å². The highest BCUT2D eigenvalue weighted by molar-refractivity contribution is 7.99. The van der Waals surface area contributed by atoms with Crippen LogP contribution in [0.1, 0.15) is 6.42 Å². The standard InChI is InChI=1S/C16H11F3N2S2/c17-11(15(18)19)6-8-22-16-20-7-5-12(21-16)14-9-10-3-1-2-4-13(10)23-14/h1-5,7,9H,6,8H2. The minimum atomic E-state index is -2.26. The monoisotopic (exact) mass is 352 g/mol. The van der Waals surface area contributed by atoms with E-state index >= 15 is 0 Å². The van der Waals surface area contributed by atoms with E-state index in [1.807, 2.05) is 24.3 Å². The van der Waals surface area contributed by atoms with E-state index in [-0.39, 0.29) is 12.2 Å². The van der Waals surface area contributed by atoms with E-state index in [9.17, 15) is 13.2 Å². The SMILES string of the molecule is FC(F)=C(F)CCSc1nccc(-c2cc3ccccc3s2)n1. The molecule has 0 saturated heterocycles. The lowest BCUT2D eigenvalue weighted by Gasteiger charge is -2.01. The van der Waals surface area contributed by atoms with Crippen molar-refractivity contribution in [1.82, 2.24) is 9.97 Å². The average molecular weight is 352 g/mol. The fraction of sp³-hybridized carbons (Fsp3) is 0.125. The quantitative estimate of drug-likeness (QED) is 0.421. The maximum absolute atomic E-state index is 12.8. The summed E-state index contributed by atoms with van der Waals surface area (Å²) in [5.41, 5.74) is 0.774. The third-order valence-corrected chi connectivity index (χ3v) is 5.07. The van der Waals surface area contributed by atoms with Gasteiger partial charge in [0.25, 0.3) is 0 Å². The number of aromatic nitrogens is 2. The summed E-state index contributed by atoms with van der Waals surface area (Å²) in [6, 6.07) is 11.9. The van der Waals surface area contributed by atoms with E-state index in [4.69, 9.17) is 0 Å². The molecule has 0 aliphatic heterocycles. The average Bonchev–Trinajstić information content (AvgIpc) is 2.99. The first kappa shape index (κ1) is 16.0. The Hall–Kier alpha value is -1.86. The number of fused-ring (bicyclic) bond motifs is 1. The van der Waals surface area contributed by atoms with Crippen molar-refractivity contribution in [3.63, 3.8) is 0 Å². The fourth-order valence-electron chi connectivity index (χ4n) is 1.98. The van der Waals surface area contributed by atoms with Crippen LogP contribution >= 0.6 is 23.1 Å². The molecule has 0 aliphatic rings. The van der Waals surface area contributed by atoms with Crippen LogP contribution in [-0.2, 0) is 0 Å². The van der Waals surface area contributed by atoms with Crippen LogP contribution in [0.2, 0.25) is 0 Å². The molecule has 0 bridgehead atoms. The van der Waals surface area contributed by atoms with E-state index < -0.39 is 11.9 Å².